The molecule has 0 saturated carbocycles. The number of hydrogen-bond donors (Lipinski definition) is 2. The molecular weight excluding hydrogens is 426 g/mol. The molecule has 2 aromatic heterocycles. The highest BCUT2D eigenvalue weighted by Crippen LogP contribution is 2.46. The molecule has 1 saturated heterocycles. The predicted molar refractivity (Wildman–Crippen MR) is 130 cm³/mol. The Morgan fingerprint density at radius 1 is 1.24 bits per heavy atom. The molecule has 5 rings (SSSR count). The zero-order valence-electron chi connectivity index (χ0n) is 19.1. The molecule has 1 atom stereocenters. The van der Waals surface area contributed by atoms with Gasteiger partial charge in [0.25, 0.3) is 0 Å². The van der Waals surface area contributed by atoms with Crippen molar-refractivity contribution in [2.24, 2.45) is 11.7 Å². The lowest BCUT2D eigenvalue weighted by Crippen LogP contribution is -2.43. The van der Waals surface area contributed by atoms with Crippen molar-refractivity contribution in [3.8, 4) is 6.07 Å². The Hall–Kier alpha value is -3.96. The third kappa shape index (κ3) is 3.95. The van der Waals surface area contributed by atoms with Crippen molar-refractivity contribution in [1.82, 2.24) is 19.5 Å². The Morgan fingerprint density at radius 2 is 2.03 bits per heavy atom. The minimum Gasteiger partial charge on any atom is -0.366 e. The monoisotopic (exact) mass is 453 g/mol. The van der Waals surface area contributed by atoms with E-state index in [2.05, 4.69) is 45.6 Å². The van der Waals surface area contributed by atoms with Crippen LogP contribution in [0.25, 0.3) is 5.65 Å². The molecule has 1 aliphatic carbocycles. The predicted octanol–water partition coefficient (Wildman–Crippen LogP) is 3.30. The van der Waals surface area contributed by atoms with Crippen molar-refractivity contribution in [1.29, 1.82) is 5.26 Å². The molecule has 1 aliphatic heterocycles. The molecule has 8 nitrogen and oxygen atoms in total. The number of pyridine rings is 1. The van der Waals surface area contributed by atoms with E-state index in [9.17, 15) is 10.1 Å². The van der Waals surface area contributed by atoms with Gasteiger partial charge in [0.05, 0.1) is 11.3 Å². The number of fused-ring (bicyclic) bond motifs is 1. The molecule has 1 amide bonds. The summed E-state index contributed by atoms with van der Waals surface area (Å²) in [5.74, 6) is 0.431. The largest absolute Gasteiger partial charge is 0.366 e. The van der Waals surface area contributed by atoms with Gasteiger partial charge in [0.2, 0.25) is 11.9 Å². The lowest BCUT2D eigenvalue weighted by molar-refractivity contribution is -0.114. The first-order valence-corrected chi connectivity index (χ1v) is 11.5. The van der Waals surface area contributed by atoms with Gasteiger partial charge in [-0.25, -0.2) is 4.52 Å². The summed E-state index contributed by atoms with van der Waals surface area (Å²) in [5.41, 5.74) is 9.00. The number of piperidine rings is 1. The SMILES string of the molecule is CN1CCC(C2(c3ccc4nc(Nc5ccccc5C#N)nn4c3)C=CC=C(C(N)=O)C2)CC1. The molecule has 1 unspecified atom stereocenters. The van der Waals surface area contributed by atoms with Gasteiger partial charge in [0, 0.05) is 17.2 Å². The molecule has 0 bridgehead atoms. The highest BCUT2D eigenvalue weighted by atomic mass is 16.1. The minimum atomic E-state index is -0.369. The van der Waals surface area contributed by atoms with Crippen LogP contribution in [0.1, 0.15) is 30.4 Å². The number of nitrogens with zero attached hydrogens (tertiary/aromatic N) is 5. The van der Waals surface area contributed by atoms with Crippen LogP contribution in [-0.4, -0.2) is 45.5 Å². The number of nitrogens with one attached hydrogen (secondary N) is 1. The van der Waals surface area contributed by atoms with Crippen LogP contribution < -0.4 is 11.1 Å². The number of benzene rings is 1. The molecule has 8 heteroatoms. The number of aromatic nitrogens is 3. The van der Waals surface area contributed by atoms with E-state index in [-0.39, 0.29) is 11.3 Å². The first-order valence-electron chi connectivity index (χ1n) is 11.5. The fourth-order valence-corrected chi connectivity index (χ4v) is 5.20. The summed E-state index contributed by atoms with van der Waals surface area (Å²) in [5, 5.41) is 17.1. The standard InChI is InChI=1S/C26H27N7O/c1-32-13-10-20(11-14-32)26(12-4-6-18(15-26)24(28)34)21-8-9-23-30-25(31-33(23)17-21)29-22-7-3-2-5-19(22)16-27/h2-9,12,17,20H,10-11,13-15H2,1H3,(H2,28,34)(H,29,31). The van der Waals surface area contributed by atoms with E-state index >= 15 is 0 Å². The van der Waals surface area contributed by atoms with E-state index in [1.54, 1.807) is 10.6 Å². The molecule has 1 fully saturated rings. The van der Waals surface area contributed by atoms with E-state index in [4.69, 9.17) is 5.73 Å². The molecule has 3 heterocycles. The highest BCUT2D eigenvalue weighted by Gasteiger charge is 2.42. The second-order valence-corrected chi connectivity index (χ2v) is 9.15. The minimum absolute atomic E-state index is 0.332. The number of amides is 1. The van der Waals surface area contributed by atoms with Gasteiger partial charge in [-0.3, -0.25) is 4.79 Å². The molecule has 2 aliphatic rings. The highest BCUT2D eigenvalue weighted by molar-refractivity contribution is 5.93. The number of anilines is 2. The first kappa shape index (κ1) is 21.9. The Bertz CT molecular complexity index is 1340. The van der Waals surface area contributed by atoms with Crippen LogP contribution in [0.5, 0.6) is 0 Å². The van der Waals surface area contributed by atoms with E-state index in [0.717, 1.165) is 31.5 Å². The number of nitriles is 1. The van der Waals surface area contributed by atoms with Crippen LogP contribution in [-0.2, 0) is 10.2 Å². The van der Waals surface area contributed by atoms with E-state index in [0.29, 0.717) is 40.8 Å². The van der Waals surface area contributed by atoms with Crippen molar-refractivity contribution < 1.29 is 4.79 Å². The second-order valence-electron chi connectivity index (χ2n) is 9.15. The number of carbonyl (C=O) groups excluding carboxylic acids is 1. The maximum atomic E-state index is 12.1. The number of carbonyl (C=O) groups is 1. The van der Waals surface area contributed by atoms with Gasteiger partial charge in [-0.2, -0.15) is 10.2 Å². The number of nitrogens with two attached hydrogens (primary N) is 1. The Kier molecular flexibility index (Phi) is 5.64. The summed E-state index contributed by atoms with van der Waals surface area (Å²) in [6.45, 7) is 2.04. The number of likely N-dealkylation sites (tertiary alicyclic amines) is 1. The van der Waals surface area contributed by atoms with Gasteiger partial charge >= 0.3 is 0 Å². The first-order chi connectivity index (χ1) is 16.5. The molecule has 3 N–H and O–H groups in total. The van der Waals surface area contributed by atoms with Crippen molar-refractivity contribution in [3.05, 3.63) is 77.5 Å². The fraction of sp³-hybridized carbons (Fsp3) is 0.308. The summed E-state index contributed by atoms with van der Waals surface area (Å²) in [6.07, 6.45) is 10.7. The average molecular weight is 454 g/mol. The van der Waals surface area contributed by atoms with Crippen LogP contribution in [0.15, 0.2) is 66.4 Å². The van der Waals surface area contributed by atoms with Crippen LogP contribution in [0.4, 0.5) is 11.6 Å². The smallest absolute Gasteiger partial charge is 0.247 e. The van der Waals surface area contributed by atoms with Gasteiger partial charge in [0.1, 0.15) is 6.07 Å². The molecular formula is C26H27N7O. The summed E-state index contributed by atoms with van der Waals surface area (Å²) >= 11 is 0. The lowest BCUT2D eigenvalue weighted by Gasteiger charge is -2.44. The van der Waals surface area contributed by atoms with E-state index < -0.39 is 0 Å². The number of para-hydroxylation sites is 1. The summed E-state index contributed by atoms with van der Waals surface area (Å²) < 4.78 is 1.76. The van der Waals surface area contributed by atoms with Crippen molar-refractivity contribution in [2.75, 3.05) is 25.5 Å². The van der Waals surface area contributed by atoms with Gasteiger partial charge < -0.3 is 16.0 Å². The summed E-state index contributed by atoms with van der Waals surface area (Å²) in [7, 11) is 2.15. The third-order valence-electron chi connectivity index (χ3n) is 7.10. The maximum Gasteiger partial charge on any atom is 0.247 e. The topological polar surface area (TPSA) is 112 Å². The quantitative estimate of drug-likeness (QED) is 0.613. The van der Waals surface area contributed by atoms with E-state index in [1.807, 2.05) is 42.6 Å². The van der Waals surface area contributed by atoms with E-state index in [1.165, 1.54) is 0 Å². The zero-order chi connectivity index (χ0) is 23.7. The lowest BCUT2D eigenvalue weighted by atomic mass is 9.62. The number of hydrogen-bond acceptors (Lipinski definition) is 6. The maximum absolute atomic E-state index is 12.1. The van der Waals surface area contributed by atoms with Gasteiger partial charge in [0.15, 0.2) is 5.65 Å². The normalized spacial score (nSPS) is 21.2. The Labute approximate surface area is 198 Å². The molecule has 3 aromatic rings. The summed E-state index contributed by atoms with van der Waals surface area (Å²) in [6, 6.07) is 13.5. The van der Waals surface area contributed by atoms with Crippen molar-refractivity contribution >= 4 is 23.2 Å². The van der Waals surface area contributed by atoms with Crippen LogP contribution in [0, 0.1) is 17.2 Å². The zero-order valence-corrected chi connectivity index (χ0v) is 19.1. The van der Waals surface area contributed by atoms with Gasteiger partial charge in [-0.05, 0) is 69.1 Å². The van der Waals surface area contributed by atoms with Crippen LogP contribution >= 0.6 is 0 Å². The Morgan fingerprint density at radius 3 is 2.79 bits per heavy atom. The van der Waals surface area contributed by atoms with Crippen LogP contribution in [0.2, 0.25) is 0 Å². The molecule has 172 valence electrons. The molecule has 1 aromatic carbocycles. The van der Waals surface area contributed by atoms with Gasteiger partial charge in [-0.15, -0.1) is 5.10 Å². The molecule has 0 spiro atoms. The molecule has 34 heavy (non-hydrogen) atoms. The average Bonchev–Trinajstić information content (AvgIpc) is 3.26. The third-order valence-corrected chi connectivity index (χ3v) is 7.10. The van der Waals surface area contributed by atoms with Gasteiger partial charge in [-0.1, -0.05) is 36.4 Å². The van der Waals surface area contributed by atoms with Crippen molar-refractivity contribution in [3.63, 3.8) is 0 Å². The Balaban J connectivity index is 1.52. The number of primary amides is 1. The van der Waals surface area contributed by atoms with Crippen LogP contribution in [0.3, 0.4) is 0 Å². The number of rotatable bonds is 5. The summed E-state index contributed by atoms with van der Waals surface area (Å²) in [4.78, 5) is 19.0. The fourth-order valence-electron chi connectivity index (χ4n) is 5.20. The second kappa shape index (κ2) is 8.76. The molecule has 0 radical (unpaired) electrons. The van der Waals surface area contributed by atoms with Crippen molar-refractivity contribution in [2.45, 2.75) is 24.7 Å². The number of allylic oxidation sites excluding steroid dienone is 3.